The number of esters is 1. The number of rotatable bonds is 8. The van der Waals surface area contributed by atoms with E-state index in [1.54, 1.807) is 37.4 Å². The Bertz CT molecular complexity index is 1450. The molecule has 9 heteroatoms. The van der Waals surface area contributed by atoms with E-state index in [1.165, 1.54) is 17.6 Å². The number of carbonyl (C=O) groups is 2. The van der Waals surface area contributed by atoms with Crippen molar-refractivity contribution in [1.29, 1.82) is 0 Å². The molecule has 0 bridgehead atoms. The van der Waals surface area contributed by atoms with Crippen molar-refractivity contribution >= 4 is 51.1 Å². The van der Waals surface area contributed by atoms with E-state index in [9.17, 15) is 9.59 Å². The Morgan fingerprint density at radius 1 is 0.972 bits per heavy atom. The molecule has 1 aromatic heterocycles. The quantitative estimate of drug-likeness (QED) is 0.134. The molecular weight excluding hydrogens is 500 g/mol. The molecule has 0 fully saturated rings. The minimum atomic E-state index is -0.544. The van der Waals surface area contributed by atoms with E-state index in [2.05, 4.69) is 10.5 Å². The SMILES string of the molecule is COc1ccc2c(Cl)c(C(=O)Oc3ccc(/C=N/NC(=O)COc4ccc(C)c(C)c4)cc3)sc2c1. The number of nitrogens with one attached hydrogen (secondary N) is 1. The van der Waals surface area contributed by atoms with E-state index in [1.807, 2.05) is 44.2 Å². The summed E-state index contributed by atoms with van der Waals surface area (Å²) in [5.74, 6) is 0.737. The molecule has 3 aromatic carbocycles. The maximum atomic E-state index is 12.7. The topological polar surface area (TPSA) is 86.2 Å². The highest BCUT2D eigenvalue weighted by atomic mass is 35.5. The van der Waals surface area contributed by atoms with Gasteiger partial charge in [0.15, 0.2) is 6.61 Å². The van der Waals surface area contributed by atoms with Crippen LogP contribution in [0.2, 0.25) is 5.02 Å². The van der Waals surface area contributed by atoms with Gasteiger partial charge in [-0.15, -0.1) is 11.3 Å². The number of hydrogen-bond acceptors (Lipinski definition) is 7. The molecule has 0 spiro atoms. The Kier molecular flexibility index (Phi) is 7.87. The normalized spacial score (nSPS) is 11.0. The fourth-order valence-electron chi connectivity index (χ4n) is 3.24. The van der Waals surface area contributed by atoms with Gasteiger partial charge in [0.2, 0.25) is 0 Å². The summed E-state index contributed by atoms with van der Waals surface area (Å²) in [6.45, 7) is 3.84. The predicted octanol–water partition coefficient (Wildman–Crippen LogP) is 5.93. The largest absolute Gasteiger partial charge is 0.497 e. The Labute approximate surface area is 217 Å². The Morgan fingerprint density at radius 2 is 1.69 bits per heavy atom. The maximum absolute atomic E-state index is 12.7. The first kappa shape index (κ1) is 25.2. The number of methoxy groups -OCH3 is 1. The molecule has 36 heavy (non-hydrogen) atoms. The highest BCUT2D eigenvalue weighted by Gasteiger charge is 2.19. The van der Waals surface area contributed by atoms with Crippen molar-refractivity contribution in [1.82, 2.24) is 5.43 Å². The van der Waals surface area contributed by atoms with Gasteiger partial charge in [-0.3, -0.25) is 4.79 Å². The third-order valence-electron chi connectivity index (χ3n) is 5.36. The van der Waals surface area contributed by atoms with E-state index < -0.39 is 5.97 Å². The fourth-order valence-corrected chi connectivity index (χ4v) is 4.66. The number of benzene rings is 3. The van der Waals surface area contributed by atoms with E-state index in [-0.39, 0.29) is 12.5 Å². The Morgan fingerprint density at radius 3 is 2.42 bits per heavy atom. The van der Waals surface area contributed by atoms with Gasteiger partial charge in [0.25, 0.3) is 5.91 Å². The third-order valence-corrected chi connectivity index (χ3v) is 7.00. The number of nitrogens with zero attached hydrogens (tertiary/aromatic N) is 1. The van der Waals surface area contributed by atoms with Crippen LogP contribution in [0.1, 0.15) is 26.4 Å². The first-order valence-electron chi connectivity index (χ1n) is 10.9. The molecule has 0 unspecified atom stereocenters. The third kappa shape index (κ3) is 6.02. The number of hydrogen-bond donors (Lipinski definition) is 1. The van der Waals surface area contributed by atoms with Gasteiger partial charge in [-0.25, -0.2) is 10.2 Å². The van der Waals surface area contributed by atoms with Crippen molar-refractivity contribution in [2.24, 2.45) is 5.10 Å². The number of amides is 1. The Balaban J connectivity index is 1.30. The summed E-state index contributed by atoms with van der Waals surface area (Å²) in [5.41, 5.74) is 5.37. The van der Waals surface area contributed by atoms with Crippen LogP contribution in [0.4, 0.5) is 0 Å². The molecule has 4 aromatic rings. The summed E-state index contributed by atoms with van der Waals surface area (Å²) in [6, 6.07) is 17.8. The fraction of sp³-hybridized carbons (Fsp3) is 0.148. The first-order chi connectivity index (χ1) is 17.3. The van der Waals surface area contributed by atoms with Crippen LogP contribution in [-0.4, -0.2) is 31.8 Å². The average molecular weight is 523 g/mol. The number of halogens is 1. The van der Waals surface area contributed by atoms with Crippen LogP contribution in [-0.2, 0) is 4.79 Å². The molecule has 7 nitrogen and oxygen atoms in total. The van der Waals surface area contributed by atoms with Crippen LogP contribution in [0.5, 0.6) is 17.2 Å². The van der Waals surface area contributed by atoms with Gasteiger partial charge in [-0.1, -0.05) is 17.7 Å². The molecule has 1 amide bonds. The second-order valence-electron chi connectivity index (χ2n) is 7.89. The van der Waals surface area contributed by atoms with Crippen LogP contribution in [0.25, 0.3) is 10.1 Å². The zero-order chi connectivity index (χ0) is 25.7. The summed E-state index contributed by atoms with van der Waals surface area (Å²) < 4.78 is 17.0. The van der Waals surface area contributed by atoms with Crippen molar-refractivity contribution in [2.45, 2.75) is 13.8 Å². The molecule has 0 saturated heterocycles. The van der Waals surface area contributed by atoms with Crippen LogP contribution in [0.3, 0.4) is 0 Å². The monoisotopic (exact) mass is 522 g/mol. The van der Waals surface area contributed by atoms with E-state index in [4.69, 9.17) is 25.8 Å². The second kappa shape index (κ2) is 11.2. The van der Waals surface area contributed by atoms with E-state index in [0.717, 1.165) is 21.2 Å². The lowest BCUT2D eigenvalue weighted by Gasteiger charge is -2.07. The van der Waals surface area contributed by atoms with Crippen LogP contribution >= 0.6 is 22.9 Å². The average Bonchev–Trinajstić information content (AvgIpc) is 3.21. The molecule has 4 rings (SSSR count). The first-order valence-corrected chi connectivity index (χ1v) is 12.1. The minimum absolute atomic E-state index is 0.151. The maximum Gasteiger partial charge on any atom is 0.355 e. The van der Waals surface area contributed by atoms with E-state index >= 15 is 0 Å². The molecule has 0 aliphatic rings. The lowest BCUT2D eigenvalue weighted by molar-refractivity contribution is -0.123. The number of ether oxygens (including phenoxy) is 3. The summed E-state index contributed by atoms with van der Waals surface area (Å²) in [7, 11) is 1.58. The Hall–Kier alpha value is -3.88. The zero-order valence-corrected chi connectivity index (χ0v) is 21.4. The van der Waals surface area contributed by atoms with Crippen molar-refractivity contribution in [3.8, 4) is 17.2 Å². The molecule has 0 saturated carbocycles. The highest BCUT2D eigenvalue weighted by Crippen LogP contribution is 2.37. The molecule has 0 atom stereocenters. The lowest BCUT2D eigenvalue weighted by atomic mass is 10.1. The van der Waals surface area contributed by atoms with Crippen LogP contribution in [0.15, 0.2) is 65.8 Å². The summed E-state index contributed by atoms with van der Waals surface area (Å²) in [5, 5.41) is 5.05. The number of hydrazone groups is 1. The molecule has 1 heterocycles. The smallest absolute Gasteiger partial charge is 0.355 e. The lowest BCUT2D eigenvalue weighted by Crippen LogP contribution is -2.24. The van der Waals surface area contributed by atoms with Gasteiger partial charge < -0.3 is 14.2 Å². The van der Waals surface area contributed by atoms with Crippen molar-refractivity contribution in [3.63, 3.8) is 0 Å². The van der Waals surface area contributed by atoms with E-state index in [0.29, 0.717) is 32.7 Å². The van der Waals surface area contributed by atoms with Crippen LogP contribution in [0, 0.1) is 13.8 Å². The predicted molar refractivity (Wildman–Crippen MR) is 142 cm³/mol. The molecule has 0 radical (unpaired) electrons. The van der Waals surface area contributed by atoms with Gasteiger partial charge in [-0.2, -0.15) is 5.10 Å². The van der Waals surface area contributed by atoms with Gasteiger partial charge in [0.1, 0.15) is 22.1 Å². The highest BCUT2D eigenvalue weighted by molar-refractivity contribution is 7.21. The zero-order valence-electron chi connectivity index (χ0n) is 19.8. The molecule has 0 aliphatic carbocycles. The molecule has 0 aliphatic heterocycles. The second-order valence-corrected chi connectivity index (χ2v) is 9.32. The van der Waals surface area contributed by atoms with Crippen molar-refractivity contribution < 1.29 is 23.8 Å². The molecular formula is C27H23ClN2O5S. The molecule has 1 N–H and O–H groups in total. The minimum Gasteiger partial charge on any atom is -0.497 e. The van der Waals surface area contributed by atoms with Gasteiger partial charge in [0, 0.05) is 10.1 Å². The summed E-state index contributed by atoms with van der Waals surface area (Å²) in [6.07, 6.45) is 1.48. The number of fused-ring (bicyclic) bond motifs is 1. The van der Waals surface area contributed by atoms with Gasteiger partial charge in [-0.05, 0) is 85.1 Å². The molecule has 184 valence electrons. The number of carbonyl (C=O) groups excluding carboxylic acids is 2. The number of aryl methyl sites for hydroxylation is 2. The number of thiophene rings is 1. The standard InChI is InChI=1S/C27H23ClN2O5S/c1-16-4-7-21(12-17(16)2)34-15-24(31)30-29-14-18-5-8-19(9-6-18)35-27(32)26-25(28)22-11-10-20(33-3)13-23(22)36-26/h4-14H,15H2,1-3H3,(H,30,31)/b29-14+. The summed E-state index contributed by atoms with van der Waals surface area (Å²) >= 11 is 7.64. The van der Waals surface area contributed by atoms with Crippen molar-refractivity contribution in [3.05, 3.63) is 87.3 Å². The van der Waals surface area contributed by atoms with Crippen molar-refractivity contribution in [2.75, 3.05) is 13.7 Å². The van der Waals surface area contributed by atoms with Gasteiger partial charge >= 0.3 is 5.97 Å². The van der Waals surface area contributed by atoms with Crippen LogP contribution < -0.4 is 19.6 Å². The summed E-state index contributed by atoms with van der Waals surface area (Å²) in [4.78, 5) is 25.0. The van der Waals surface area contributed by atoms with Gasteiger partial charge in [0.05, 0.1) is 18.3 Å².